The summed E-state index contributed by atoms with van der Waals surface area (Å²) >= 11 is 0. The monoisotopic (exact) mass is 673 g/mol. The highest BCUT2D eigenvalue weighted by Gasteiger charge is 2.22. The van der Waals surface area contributed by atoms with Gasteiger partial charge in [0.2, 0.25) is 5.91 Å². The predicted octanol–water partition coefficient (Wildman–Crippen LogP) is -4.03. The summed E-state index contributed by atoms with van der Waals surface area (Å²) in [7, 11) is 0. The Hall–Kier alpha value is -1.09. The van der Waals surface area contributed by atoms with Crippen molar-refractivity contribution in [3.05, 3.63) is 0 Å². The van der Waals surface area contributed by atoms with Crippen LogP contribution in [-0.4, -0.2) is 183 Å². The van der Waals surface area contributed by atoms with Gasteiger partial charge in [0.15, 0.2) is 0 Å². The van der Waals surface area contributed by atoms with Gasteiger partial charge in [0, 0.05) is 48.6 Å². The Morgan fingerprint density at radius 1 is 0.500 bits per heavy atom. The highest BCUT2D eigenvalue weighted by Crippen LogP contribution is 2.13. The smallest absolute Gasteiger partial charge is 0.234 e. The fourth-order valence-electron chi connectivity index (χ4n) is 4.39. The second kappa shape index (κ2) is 30.0. The van der Waals surface area contributed by atoms with Crippen LogP contribution in [0.25, 0.3) is 0 Å². The number of amides is 1. The number of carbonyl (C=O) groups is 1. The molecular weight excluding hydrogens is 610 g/mol. The topological polar surface area (TPSA) is 271 Å². The van der Waals surface area contributed by atoms with Crippen LogP contribution in [0.15, 0.2) is 0 Å². The van der Waals surface area contributed by atoms with E-state index in [0.29, 0.717) is 38.9 Å². The van der Waals surface area contributed by atoms with Gasteiger partial charge in [-0.1, -0.05) is 6.42 Å². The summed E-state index contributed by atoms with van der Waals surface area (Å²) in [5.41, 5.74) is 11.1. The molecule has 16 nitrogen and oxygen atoms in total. The maximum Gasteiger partial charge on any atom is 0.234 e. The Balaban J connectivity index is 5.78. The number of primary amides is 1. The molecule has 1 atom stereocenters. The van der Waals surface area contributed by atoms with E-state index < -0.39 is 35.6 Å². The fraction of sp³-hybridized carbons (Fsp3) is 0.967. The number of unbranched alkanes of at least 4 members (excludes halogenated alkanes) is 1. The zero-order valence-corrected chi connectivity index (χ0v) is 27.3. The van der Waals surface area contributed by atoms with Crippen molar-refractivity contribution in [2.24, 2.45) is 47.0 Å². The number of nitrogens with zero attached hydrogens (tertiary/aromatic N) is 1. The van der Waals surface area contributed by atoms with Gasteiger partial charge in [-0.15, -0.1) is 0 Å². The molecule has 0 spiro atoms. The molecule has 0 heterocycles. The van der Waals surface area contributed by atoms with Gasteiger partial charge in [0.25, 0.3) is 0 Å². The summed E-state index contributed by atoms with van der Waals surface area (Å²) in [5.74, 6) is -2.66. The molecule has 0 radical (unpaired) electrons. The van der Waals surface area contributed by atoms with Gasteiger partial charge in [0.1, 0.15) is 0 Å². The van der Waals surface area contributed by atoms with E-state index in [1.54, 1.807) is 0 Å². The van der Waals surface area contributed by atoms with Gasteiger partial charge in [-0.3, -0.25) is 4.79 Å². The van der Waals surface area contributed by atoms with Crippen LogP contribution in [0, 0.1) is 35.5 Å². The summed E-state index contributed by atoms with van der Waals surface area (Å²) in [4.78, 5) is 13.6. The second-order valence-electron chi connectivity index (χ2n) is 12.1. The minimum absolute atomic E-state index is 0.141. The van der Waals surface area contributed by atoms with Crippen LogP contribution in [0.5, 0.6) is 0 Å². The summed E-state index contributed by atoms with van der Waals surface area (Å²) in [6.07, 6.45) is 1.75. The molecule has 0 unspecified atom stereocenters. The van der Waals surface area contributed by atoms with Gasteiger partial charge >= 0.3 is 0 Å². The number of rotatable bonds is 34. The van der Waals surface area contributed by atoms with E-state index in [1.807, 2.05) is 0 Å². The lowest BCUT2D eigenvalue weighted by Crippen LogP contribution is -2.41. The maximum atomic E-state index is 11.4. The molecule has 16 heteroatoms. The van der Waals surface area contributed by atoms with Crippen LogP contribution in [0.4, 0.5) is 0 Å². The van der Waals surface area contributed by atoms with Crippen molar-refractivity contribution >= 4 is 5.91 Å². The molecule has 1 amide bonds. The van der Waals surface area contributed by atoms with Crippen molar-refractivity contribution in [2.75, 3.05) is 125 Å². The van der Waals surface area contributed by atoms with Crippen molar-refractivity contribution in [3.8, 4) is 0 Å². The first-order valence-electron chi connectivity index (χ1n) is 16.2. The van der Waals surface area contributed by atoms with Crippen molar-refractivity contribution in [3.63, 3.8) is 0 Å². The maximum absolute atomic E-state index is 11.4. The number of hydrogen-bond acceptors (Lipinski definition) is 15. The van der Waals surface area contributed by atoms with Crippen LogP contribution in [0.3, 0.4) is 0 Å². The Kier molecular flexibility index (Phi) is 29.3. The molecule has 0 aromatic carbocycles. The van der Waals surface area contributed by atoms with E-state index >= 15 is 0 Å². The van der Waals surface area contributed by atoms with E-state index in [2.05, 4.69) is 4.90 Å². The zero-order valence-electron chi connectivity index (χ0n) is 27.3. The summed E-state index contributed by atoms with van der Waals surface area (Å²) in [5, 5.41) is 75.4. The fourth-order valence-corrected chi connectivity index (χ4v) is 4.39. The number of aliphatic hydroxyl groups excluding tert-OH is 8. The number of aliphatic hydroxyl groups is 8. The SMILES string of the molecule is NC(=O)[C@H](N)CCCCN(CC(COCC(CO)CO)COCC(CO)CO)CC(COCC(CO)CO)COCC(CO)CO. The first kappa shape index (κ1) is 44.9. The van der Waals surface area contributed by atoms with Crippen LogP contribution >= 0.6 is 0 Å². The Labute approximate surface area is 273 Å². The molecule has 12 N–H and O–H groups in total. The molecule has 0 saturated carbocycles. The van der Waals surface area contributed by atoms with E-state index in [9.17, 15) is 45.6 Å². The minimum atomic E-state index is -0.744. The van der Waals surface area contributed by atoms with Crippen LogP contribution in [0.2, 0.25) is 0 Å². The van der Waals surface area contributed by atoms with Crippen molar-refractivity contribution in [1.82, 2.24) is 4.90 Å². The van der Waals surface area contributed by atoms with E-state index in [0.717, 1.165) is 0 Å². The Bertz CT molecular complexity index is 606. The van der Waals surface area contributed by atoms with E-state index in [4.69, 9.17) is 30.4 Å². The van der Waals surface area contributed by atoms with Gasteiger partial charge in [-0.25, -0.2) is 0 Å². The van der Waals surface area contributed by atoms with Crippen LogP contribution in [0.1, 0.15) is 19.3 Å². The lowest BCUT2D eigenvalue weighted by Gasteiger charge is -2.31. The number of nitrogens with two attached hydrogens (primary N) is 2. The second-order valence-corrected chi connectivity index (χ2v) is 12.1. The third-order valence-corrected chi connectivity index (χ3v) is 7.53. The van der Waals surface area contributed by atoms with Crippen molar-refractivity contribution in [2.45, 2.75) is 25.3 Å². The molecular formula is C30H63N3O13. The van der Waals surface area contributed by atoms with Crippen molar-refractivity contribution < 1.29 is 64.6 Å². The lowest BCUT2D eigenvalue weighted by molar-refractivity contribution is -0.119. The van der Waals surface area contributed by atoms with Crippen LogP contribution < -0.4 is 11.5 Å². The summed E-state index contributed by atoms with van der Waals surface area (Å²) < 4.78 is 23.3. The molecule has 0 bridgehead atoms. The average Bonchev–Trinajstić information content (AvgIpc) is 3.06. The quantitative estimate of drug-likeness (QED) is 0.0291. The first-order chi connectivity index (χ1) is 22.2. The zero-order chi connectivity index (χ0) is 34.6. The molecule has 0 saturated heterocycles. The standard InChI is InChI=1S/C30H63N3O13/c31-29(30(32)42)3-1-2-4-33(5-23(15-43-19-25(7-34)8-35)16-44-20-26(9-36)10-37)6-24(17-45-21-27(11-38)12-39)18-46-22-28(13-40)14-41/h23-29,34-41H,1-22,31H2,(H2,32,42)/t29-/m1/s1. The molecule has 0 aromatic heterocycles. The molecule has 0 fully saturated rings. The number of ether oxygens (including phenoxy) is 4. The van der Waals surface area contributed by atoms with Gasteiger partial charge in [0.05, 0.1) is 112 Å². The molecule has 276 valence electrons. The molecule has 0 aliphatic rings. The largest absolute Gasteiger partial charge is 0.396 e. The van der Waals surface area contributed by atoms with E-state index in [1.165, 1.54) is 0 Å². The highest BCUT2D eigenvalue weighted by atomic mass is 16.5. The van der Waals surface area contributed by atoms with Crippen LogP contribution in [-0.2, 0) is 23.7 Å². The summed E-state index contributed by atoms with van der Waals surface area (Å²) in [6, 6.07) is -0.744. The molecule has 0 aliphatic carbocycles. The van der Waals surface area contributed by atoms with Gasteiger partial charge < -0.3 is 76.2 Å². The van der Waals surface area contributed by atoms with E-state index in [-0.39, 0.29) is 118 Å². The Morgan fingerprint density at radius 2 is 0.783 bits per heavy atom. The predicted molar refractivity (Wildman–Crippen MR) is 168 cm³/mol. The van der Waals surface area contributed by atoms with Crippen molar-refractivity contribution in [1.29, 1.82) is 0 Å². The molecule has 0 aromatic rings. The summed E-state index contributed by atoms with van der Waals surface area (Å²) in [6.45, 7) is 1.26. The first-order valence-corrected chi connectivity index (χ1v) is 16.2. The highest BCUT2D eigenvalue weighted by molar-refractivity contribution is 5.79. The minimum Gasteiger partial charge on any atom is -0.396 e. The van der Waals surface area contributed by atoms with Gasteiger partial charge in [-0.05, 0) is 19.4 Å². The third kappa shape index (κ3) is 22.5. The third-order valence-electron chi connectivity index (χ3n) is 7.53. The number of hydrogen-bond donors (Lipinski definition) is 10. The number of carbonyl (C=O) groups excluding carboxylic acids is 1. The molecule has 0 rings (SSSR count). The Morgan fingerprint density at radius 3 is 1.04 bits per heavy atom. The van der Waals surface area contributed by atoms with Gasteiger partial charge in [-0.2, -0.15) is 0 Å². The molecule has 46 heavy (non-hydrogen) atoms. The average molecular weight is 674 g/mol. The lowest BCUT2D eigenvalue weighted by atomic mass is 10.1. The molecule has 0 aliphatic heterocycles. The normalized spacial score (nSPS) is 13.1.